The average Bonchev–Trinajstić information content (AvgIpc) is 2.65. The molecule has 0 aliphatic carbocycles. The molecule has 1 heterocycles. The molecule has 0 atom stereocenters. The first-order chi connectivity index (χ1) is 13.4. The van der Waals surface area contributed by atoms with E-state index >= 15 is 0 Å². The lowest BCUT2D eigenvalue weighted by Crippen LogP contribution is -2.53. The smallest absolute Gasteiger partial charge is 0.185 e. The number of hydrogen-bond acceptors (Lipinski definition) is 2. The highest BCUT2D eigenvalue weighted by atomic mass is 32.1. The van der Waals surface area contributed by atoms with Crippen molar-refractivity contribution in [2.45, 2.75) is 26.3 Å². The second-order valence-corrected chi connectivity index (χ2v) is 7.70. The molecule has 3 rings (SSSR count). The van der Waals surface area contributed by atoms with E-state index in [-0.39, 0.29) is 11.3 Å². The van der Waals surface area contributed by atoms with E-state index in [0.717, 1.165) is 16.9 Å². The lowest BCUT2D eigenvalue weighted by Gasteiger charge is -2.38. The lowest BCUT2D eigenvalue weighted by atomic mass is 10.0. The Balaban J connectivity index is 1.69. The Bertz CT molecular complexity index is 954. The molecule has 0 unspecified atom stereocenters. The van der Waals surface area contributed by atoms with Crippen molar-refractivity contribution in [3.05, 3.63) is 95.7 Å². The summed E-state index contributed by atoms with van der Waals surface area (Å²) >= 11 is 5.52. The number of anilines is 1. The Morgan fingerprint density at radius 1 is 1.04 bits per heavy atom. The van der Waals surface area contributed by atoms with Crippen LogP contribution >= 0.6 is 12.2 Å². The second-order valence-electron chi connectivity index (χ2n) is 7.31. The van der Waals surface area contributed by atoms with Crippen LogP contribution in [0.15, 0.2) is 84.6 Å². The maximum Gasteiger partial charge on any atom is 0.185 e. The van der Waals surface area contributed by atoms with Crippen LogP contribution < -0.4 is 10.2 Å². The first-order valence-electron chi connectivity index (χ1n) is 9.22. The zero-order chi connectivity index (χ0) is 20.1. The molecule has 28 heavy (non-hydrogen) atoms. The van der Waals surface area contributed by atoms with Gasteiger partial charge in [0.2, 0.25) is 0 Å². The topological polar surface area (TPSA) is 32.3 Å². The van der Waals surface area contributed by atoms with E-state index in [9.17, 15) is 4.79 Å². The van der Waals surface area contributed by atoms with E-state index in [2.05, 4.69) is 25.2 Å². The van der Waals surface area contributed by atoms with Gasteiger partial charge in [0.1, 0.15) is 0 Å². The number of rotatable bonds is 5. The van der Waals surface area contributed by atoms with Crippen LogP contribution in [0.4, 0.5) is 5.69 Å². The summed E-state index contributed by atoms with van der Waals surface area (Å²) < 4.78 is 0. The zero-order valence-electron chi connectivity index (χ0n) is 16.3. The molecule has 0 radical (unpaired) electrons. The highest BCUT2D eigenvalue weighted by Gasteiger charge is 2.27. The van der Waals surface area contributed by atoms with Gasteiger partial charge >= 0.3 is 0 Å². The van der Waals surface area contributed by atoms with Gasteiger partial charge in [0, 0.05) is 16.9 Å². The van der Waals surface area contributed by atoms with Gasteiger partial charge in [0.05, 0.1) is 5.54 Å². The van der Waals surface area contributed by atoms with Crippen LogP contribution in [0, 0.1) is 0 Å². The summed E-state index contributed by atoms with van der Waals surface area (Å²) in [6, 6.07) is 17.5. The fourth-order valence-corrected chi connectivity index (χ4v) is 3.69. The number of thiocarbonyl (C=S) groups is 1. The fraction of sp³-hybridized carbons (Fsp3) is 0.167. The average molecular weight is 389 g/mol. The molecular weight excluding hydrogens is 364 g/mol. The van der Waals surface area contributed by atoms with E-state index in [1.54, 1.807) is 12.2 Å². The van der Waals surface area contributed by atoms with Crippen LogP contribution in [0.2, 0.25) is 0 Å². The molecule has 0 fully saturated rings. The third-order valence-corrected chi connectivity index (χ3v) is 4.70. The summed E-state index contributed by atoms with van der Waals surface area (Å²) in [4.78, 5) is 14.4. The molecule has 1 aliphatic heterocycles. The molecule has 0 saturated heterocycles. The summed E-state index contributed by atoms with van der Waals surface area (Å²) in [6.45, 7) is 6.21. The van der Waals surface area contributed by atoms with Gasteiger partial charge in [-0.15, -0.1) is 0 Å². The predicted octanol–water partition coefficient (Wildman–Crippen LogP) is 5.52. The van der Waals surface area contributed by atoms with E-state index in [1.165, 1.54) is 0 Å². The first-order valence-corrected chi connectivity index (χ1v) is 9.62. The normalized spacial score (nSPS) is 16.3. The Hall–Kier alpha value is -2.98. The Kier molecular flexibility index (Phi) is 5.90. The van der Waals surface area contributed by atoms with Gasteiger partial charge in [0.25, 0.3) is 0 Å². The zero-order valence-corrected chi connectivity index (χ0v) is 17.2. The van der Waals surface area contributed by atoms with Crippen molar-refractivity contribution in [2.75, 3.05) is 4.90 Å². The summed E-state index contributed by atoms with van der Waals surface area (Å²) in [5.74, 6) is -0.0306. The van der Waals surface area contributed by atoms with E-state index in [0.29, 0.717) is 10.7 Å². The summed E-state index contributed by atoms with van der Waals surface area (Å²) in [5, 5.41) is 3.98. The van der Waals surface area contributed by atoms with Gasteiger partial charge in [-0.25, -0.2) is 0 Å². The highest BCUT2D eigenvalue weighted by Crippen LogP contribution is 2.26. The van der Waals surface area contributed by atoms with Crippen molar-refractivity contribution in [1.82, 2.24) is 5.32 Å². The molecule has 142 valence electrons. The summed E-state index contributed by atoms with van der Waals surface area (Å²) in [7, 11) is 0. The number of nitrogens with zero attached hydrogens (tertiary/aromatic N) is 1. The van der Waals surface area contributed by atoms with Crippen LogP contribution in [-0.2, 0) is 0 Å². The Morgan fingerprint density at radius 3 is 2.36 bits per heavy atom. The largest absolute Gasteiger partial charge is 0.354 e. The molecule has 0 aromatic heterocycles. The minimum atomic E-state index is -0.161. The molecule has 0 saturated carbocycles. The van der Waals surface area contributed by atoms with Crippen molar-refractivity contribution in [1.29, 1.82) is 0 Å². The van der Waals surface area contributed by atoms with Crippen LogP contribution in [0.5, 0.6) is 0 Å². The number of carbonyl (C=O) groups excluding carboxylic acids is 1. The van der Waals surface area contributed by atoms with Crippen LogP contribution in [0.3, 0.4) is 0 Å². The number of hydrogen-bond donors (Lipinski definition) is 1. The molecule has 0 bridgehead atoms. The molecular formula is C24H24N2OS. The monoisotopic (exact) mass is 388 g/mol. The van der Waals surface area contributed by atoms with Crippen LogP contribution in [-0.4, -0.2) is 16.4 Å². The van der Waals surface area contributed by atoms with Gasteiger partial charge in [0.15, 0.2) is 10.9 Å². The first kappa shape index (κ1) is 19.8. The molecule has 1 N–H and O–H groups in total. The van der Waals surface area contributed by atoms with Crippen LogP contribution in [0.1, 0.15) is 36.7 Å². The SMILES string of the molecule is CC1=CC(C)(C)NC(=S)N1c1ccc(C(=O)C=CC=Cc2ccccc2)cc1. The van der Waals surface area contributed by atoms with E-state index in [1.807, 2.05) is 78.6 Å². The van der Waals surface area contributed by atoms with Gasteiger partial charge in [-0.1, -0.05) is 48.6 Å². The maximum absolute atomic E-state index is 12.4. The van der Waals surface area contributed by atoms with E-state index in [4.69, 9.17) is 12.2 Å². The van der Waals surface area contributed by atoms with E-state index < -0.39 is 0 Å². The molecule has 1 aliphatic rings. The number of allylic oxidation sites excluding steroid dienone is 4. The van der Waals surface area contributed by atoms with Gasteiger partial charge in [-0.2, -0.15) is 0 Å². The fourth-order valence-electron chi connectivity index (χ4n) is 3.18. The van der Waals surface area contributed by atoms with Gasteiger partial charge in [-0.3, -0.25) is 9.69 Å². The lowest BCUT2D eigenvalue weighted by molar-refractivity contribution is 0.104. The molecule has 0 spiro atoms. The number of ketones is 1. The maximum atomic E-state index is 12.4. The molecule has 3 nitrogen and oxygen atoms in total. The molecule has 2 aromatic rings. The number of carbonyl (C=O) groups is 1. The van der Waals surface area contributed by atoms with Crippen molar-refractivity contribution in [3.8, 4) is 0 Å². The number of nitrogens with one attached hydrogen (secondary N) is 1. The van der Waals surface area contributed by atoms with Crippen molar-refractivity contribution >= 4 is 34.9 Å². The second kappa shape index (κ2) is 8.36. The van der Waals surface area contributed by atoms with Crippen molar-refractivity contribution < 1.29 is 4.79 Å². The minimum absolute atomic E-state index is 0.0306. The summed E-state index contributed by atoms with van der Waals surface area (Å²) in [5.41, 5.74) is 3.59. The third kappa shape index (κ3) is 4.84. The number of benzene rings is 2. The molecule has 2 aromatic carbocycles. The molecule has 4 heteroatoms. The Labute approximate surface area is 172 Å². The predicted molar refractivity (Wildman–Crippen MR) is 121 cm³/mol. The molecule has 0 amide bonds. The quantitative estimate of drug-likeness (QED) is 0.317. The van der Waals surface area contributed by atoms with Crippen molar-refractivity contribution in [3.63, 3.8) is 0 Å². The standard InChI is InChI=1S/C24H24N2OS/c1-18-17-24(2,3)25-23(28)26(18)21-15-13-20(14-16-21)22(27)12-8-7-11-19-9-5-4-6-10-19/h4-17H,1-3H3,(H,25,28). The summed E-state index contributed by atoms with van der Waals surface area (Å²) in [6.07, 6.45) is 9.32. The van der Waals surface area contributed by atoms with Crippen LogP contribution in [0.25, 0.3) is 6.08 Å². The Morgan fingerprint density at radius 2 is 1.71 bits per heavy atom. The third-order valence-electron chi connectivity index (χ3n) is 4.41. The van der Waals surface area contributed by atoms with Crippen molar-refractivity contribution in [2.24, 2.45) is 0 Å². The highest BCUT2D eigenvalue weighted by molar-refractivity contribution is 7.80. The van der Waals surface area contributed by atoms with Gasteiger partial charge < -0.3 is 5.32 Å². The van der Waals surface area contributed by atoms with Gasteiger partial charge in [-0.05, 0) is 75.0 Å². The minimum Gasteiger partial charge on any atom is -0.354 e.